The molecule has 0 radical (unpaired) electrons. The van der Waals surface area contributed by atoms with Crippen molar-refractivity contribution in [1.82, 2.24) is 10.6 Å². The van der Waals surface area contributed by atoms with Crippen molar-refractivity contribution in [3.05, 3.63) is 22.7 Å². The molecule has 1 aromatic rings. The minimum absolute atomic E-state index is 0.136. The minimum atomic E-state index is -0.183. The third kappa shape index (κ3) is 2.68. The van der Waals surface area contributed by atoms with Crippen molar-refractivity contribution in [2.45, 2.75) is 13.0 Å². The van der Waals surface area contributed by atoms with Crippen LogP contribution in [0.4, 0.5) is 0 Å². The molecular formula is C12H15ClN2O3. The number of nitrogens with one attached hydrogen (secondary N) is 2. The quantitative estimate of drug-likeness (QED) is 0.868. The summed E-state index contributed by atoms with van der Waals surface area (Å²) in [6, 6.07) is 3.42. The molecule has 0 spiro atoms. The van der Waals surface area contributed by atoms with Crippen LogP contribution in [0.2, 0.25) is 5.02 Å². The van der Waals surface area contributed by atoms with Crippen LogP contribution in [0.25, 0.3) is 0 Å². The van der Waals surface area contributed by atoms with Crippen LogP contribution in [0.1, 0.15) is 17.3 Å². The summed E-state index contributed by atoms with van der Waals surface area (Å²) >= 11 is 6.01. The zero-order valence-corrected chi connectivity index (χ0v) is 11.0. The molecule has 0 aliphatic carbocycles. The minimum Gasteiger partial charge on any atom is -0.454 e. The lowest BCUT2D eigenvalue weighted by atomic mass is 10.2. The maximum absolute atomic E-state index is 11.9. The second-order valence-electron chi connectivity index (χ2n) is 4.09. The van der Waals surface area contributed by atoms with E-state index in [2.05, 4.69) is 10.6 Å². The van der Waals surface area contributed by atoms with E-state index in [1.54, 1.807) is 12.1 Å². The Hall–Kier alpha value is -1.46. The van der Waals surface area contributed by atoms with Gasteiger partial charge in [-0.15, -0.1) is 0 Å². The molecule has 1 aromatic carbocycles. The van der Waals surface area contributed by atoms with Crippen LogP contribution >= 0.6 is 11.6 Å². The molecule has 0 fully saturated rings. The van der Waals surface area contributed by atoms with Gasteiger partial charge in [0.2, 0.25) is 6.79 Å². The lowest BCUT2D eigenvalue weighted by Gasteiger charge is -2.11. The summed E-state index contributed by atoms with van der Waals surface area (Å²) in [7, 11) is 1.84. The molecule has 0 aromatic heterocycles. The Labute approximate surface area is 110 Å². The second kappa shape index (κ2) is 5.46. The van der Waals surface area contributed by atoms with Crippen LogP contribution in [-0.4, -0.2) is 32.3 Å². The molecule has 1 atom stereocenters. The summed E-state index contributed by atoms with van der Waals surface area (Å²) in [6.45, 7) is 2.66. The number of carbonyl (C=O) groups excluding carboxylic acids is 1. The standard InChI is InChI=1S/C12H15ClN2O3/c1-7(14-2)5-15-12(16)8-3-9(13)11-10(4-8)17-6-18-11/h3-4,7,14H,5-6H2,1-2H3,(H,15,16). The summed E-state index contributed by atoms with van der Waals surface area (Å²) < 4.78 is 10.4. The molecular weight excluding hydrogens is 256 g/mol. The number of rotatable bonds is 4. The van der Waals surface area contributed by atoms with Crippen molar-refractivity contribution in [2.24, 2.45) is 0 Å². The van der Waals surface area contributed by atoms with Gasteiger partial charge in [0.15, 0.2) is 11.5 Å². The van der Waals surface area contributed by atoms with Crippen LogP contribution in [-0.2, 0) is 0 Å². The molecule has 1 amide bonds. The number of hydrogen-bond acceptors (Lipinski definition) is 4. The molecule has 1 aliphatic heterocycles. The number of halogens is 1. The van der Waals surface area contributed by atoms with E-state index < -0.39 is 0 Å². The van der Waals surface area contributed by atoms with E-state index in [1.165, 1.54) is 0 Å². The van der Waals surface area contributed by atoms with Gasteiger partial charge in [-0.1, -0.05) is 11.6 Å². The van der Waals surface area contributed by atoms with E-state index in [9.17, 15) is 4.79 Å². The summed E-state index contributed by atoms with van der Waals surface area (Å²) in [4.78, 5) is 11.9. The predicted molar refractivity (Wildman–Crippen MR) is 68.4 cm³/mol. The van der Waals surface area contributed by atoms with Gasteiger partial charge in [-0.05, 0) is 26.1 Å². The normalized spacial score (nSPS) is 14.4. The fourth-order valence-electron chi connectivity index (χ4n) is 1.55. The number of fused-ring (bicyclic) bond motifs is 1. The van der Waals surface area contributed by atoms with E-state index in [4.69, 9.17) is 21.1 Å². The van der Waals surface area contributed by atoms with Gasteiger partial charge >= 0.3 is 0 Å². The van der Waals surface area contributed by atoms with Crippen molar-refractivity contribution in [2.75, 3.05) is 20.4 Å². The third-order valence-electron chi connectivity index (χ3n) is 2.75. The van der Waals surface area contributed by atoms with E-state index >= 15 is 0 Å². The van der Waals surface area contributed by atoms with Gasteiger partial charge in [-0.2, -0.15) is 0 Å². The van der Waals surface area contributed by atoms with Gasteiger partial charge in [-0.3, -0.25) is 4.79 Å². The lowest BCUT2D eigenvalue weighted by Crippen LogP contribution is -2.37. The van der Waals surface area contributed by atoms with E-state index in [0.29, 0.717) is 28.6 Å². The van der Waals surface area contributed by atoms with Gasteiger partial charge in [0.1, 0.15) is 0 Å². The van der Waals surface area contributed by atoms with Crippen LogP contribution in [0, 0.1) is 0 Å². The number of hydrogen-bond donors (Lipinski definition) is 2. The first-order valence-corrected chi connectivity index (χ1v) is 6.04. The highest BCUT2D eigenvalue weighted by atomic mass is 35.5. The van der Waals surface area contributed by atoms with Crippen LogP contribution in [0.5, 0.6) is 11.5 Å². The Kier molecular flexibility index (Phi) is 3.93. The first-order chi connectivity index (χ1) is 8.61. The molecule has 18 heavy (non-hydrogen) atoms. The predicted octanol–water partition coefficient (Wildman–Crippen LogP) is 1.41. The zero-order chi connectivity index (χ0) is 13.1. The molecule has 0 saturated heterocycles. The Morgan fingerprint density at radius 2 is 2.28 bits per heavy atom. The summed E-state index contributed by atoms with van der Waals surface area (Å²) in [6.07, 6.45) is 0. The van der Waals surface area contributed by atoms with Crippen molar-refractivity contribution in [1.29, 1.82) is 0 Å². The maximum atomic E-state index is 11.9. The third-order valence-corrected chi connectivity index (χ3v) is 3.03. The second-order valence-corrected chi connectivity index (χ2v) is 4.50. The summed E-state index contributed by atoms with van der Waals surface area (Å²) in [5.41, 5.74) is 0.465. The SMILES string of the molecule is CNC(C)CNC(=O)c1cc(Cl)c2c(c1)OCO2. The van der Waals surface area contributed by atoms with Crippen molar-refractivity contribution >= 4 is 17.5 Å². The smallest absolute Gasteiger partial charge is 0.251 e. The Balaban J connectivity index is 2.09. The monoisotopic (exact) mass is 270 g/mol. The van der Waals surface area contributed by atoms with Crippen LogP contribution < -0.4 is 20.1 Å². The molecule has 2 N–H and O–H groups in total. The highest BCUT2D eigenvalue weighted by Gasteiger charge is 2.20. The lowest BCUT2D eigenvalue weighted by molar-refractivity contribution is 0.0950. The Bertz CT molecular complexity index is 465. The molecule has 1 aliphatic rings. The molecule has 1 heterocycles. The summed E-state index contributed by atoms with van der Waals surface area (Å²) in [5, 5.41) is 6.24. The highest BCUT2D eigenvalue weighted by molar-refractivity contribution is 6.32. The number of benzene rings is 1. The largest absolute Gasteiger partial charge is 0.454 e. The average Bonchev–Trinajstić information content (AvgIpc) is 2.84. The van der Waals surface area contributed by atoms with Gasteiger partial charge in [0.25, 0.3) is 5.91 Å². The number of amides is 1. The number of likely N-dealkylation sites (N-methyl/N-ethyl adjacent to an activating group) is 1. The summed E-state index contributed by atoms with van der Waals surface area (Å²) in [5.74, 6) is 0.823. The van der Waals surface area contributed by atoms with Crippen LogP contribution in [0.15, 0.2) is 12.1 Å². The molecule has 6 heteroatoms. The highest BCUT2D eigenvalue weighted by Crippen LogP contribution is 2.39. The van der Waals surface area contributed by atoms with E-state index in [-0.39, 0.29) is 18.7 Å². The molecule has 5 nitrogen and oxygen atoms in total. The molecule has 2 rings (SSSR count). The van der Waals surface area contributed by atoms with E-state index in [0.717, 1.165) is 0 Å². The first-order valence-electron chi connectivity index (χ1n) is 5.66. The molecule has 0 saturated carbocycles. The van der Waals surface area contributed by atoms with Gasteiger partial charge in [0.05, 0.1) is 5.02 Å². The molecule has 98 valence electrons. The van der Waals surface area contributed by atoms with E-state index in [1.807, 2.05) is 14.0 Å². The van der Waals surface area contributed by atoms with Gasteiger partial charge < -0.3 is 20.1 Å². The fraction of sp³-hybridized carbons (Fsp3) is 0.417. The maximum Gasteiger partial charge on any atom is 0.251 e. The first kappa shape index (κ1) is 13.0. The van der Waals surface area contributed by atoms with Crippen molar-refractivity contribution in [3.8, 4) is 11.5 Å². The van der Waals surface area contributed by atoms with Crippen molar-refractivity contribution in [3.63, 3.8) is 0 Å². The fourth-order valence-corrected chi connectivity index (χ4v) is 1.81. The Morgan fingerprint density at radius 3 is 3.00 bits per heavy atom. The topological polar surface area (TPSA) is 59.6 Å². The van der Waals surface area contributed by atoms with Gasteiger partial charge in [0, 0.05) is 18.2 Å². The number of carbonyl (C=O) groups is 1. The van der Waals surface area contributed by atoms with Gasteiger partial charge in [-0.25, -0.2) is 0 Å². The molecule has 0 bridgehead atoms. The zero-order valence-electron chi connectivity index (χ0n) is 10.2. The Morgan fingerprint density at radius 1 is 1.50 bits per heavy atom. The van der Waals surface area contributed by atoms with Crippen LogP contribution in [0.3, 0.4) is 0 Å². The van der Waals surface area contributed by atoms with Crippen molar-refractivity contribution < 1.29 is 14.3 Å². The average molecular weight is 271 g/mol. The number of ether oxygens (including phenoxy) is 2. The molecule has 1 unspecified atom stereocenters.